The predicted octanol–water partition coefficient (Wildman–Crippen LogP) is 4.19. The second-order valence-electron chi connectivity index (χ2n) is 5.22. The van der Waals surface area contributed by atoms with Gasteiger partial charge >= 0.3 is 0 Å². The molecule has 0 saturated carbocycles. The van der Waals surface area contributed by atoms with Gasteiger partial charge in [-0.05, 0) is 42.8 Å². The molecule has 0 spiro atoms. The van der Waals surface area contributed by atoms with E-state index in [1.807, 2.05) is 0 Å². The Labute approximate surface area is 137 Å². The van der Waals surface area contributed by atoms with Gasteiger partial charge in [0.15, 0.2) is 5.76 Å². The van der Waals surface area contributed by atoms with Crippen molar-refractivity contribution in [2.45, 2.75) is 12.8 Å². The molecule has 0 aliphatic heterocycles. The maximum Gasteiger partial charge on any atom is 0.224 e. The first-order valence-electron chi connectivity index (χ1n) is 7.37. The molecule has 6 heteroatoms. The average Bonchev–Trinajstić information content (AvgIpc) is 3.04. The maximum atomic E-state index is 13.5. The Morgan fingerprint density at radius 3 is 2.58 bits per heavy atom. The third-order valence-electron chi connectivity index (χ3n) is 3.52. The van der Waals surface area contributed by atoms with Gasteiger partial charge in [0.25, 0.3) is 0 Å². The molecule has 2 aromatic carbocycles. The maximum absolute atomic E-state index is 13.5. The molecule has 0 aliphatic rings. The smallest absolute Gasteiger partial charge is 0.224 e. The van der Waals surface area contributed by atoms with Crippen LogP contribution < -0.4 is 5.32 Å². The van der Waals surface area contributed by atoms with E-state index in [9.17, 15) is 13.6 Å². The van der Waals surface area contributed by atoms with Crippen LogP contribution in [0.5, 0.6) is 0 Å². The largest absolute Gasteiger partial charge is 0.356 e. The summed E-state index contributed by atoms with van der Waals surface area (Å²) in [5.41, 5.74) is 1.55. The highest BCUT2D eigenvalue weighted by Crippen LogP contribution is 2.25. The number of benzene rings is 2. The summed E-state index contributed by atoms with van der Waals surface area (Å²) in [5.74, 6) is -0.646. The molecule has 1 amide bonds. The number of hydrogen-bond acceptors (Lipinski definition) is 3. The van der Waals surface area contributed by atoms with Crippen LogP contribution in [-0.4, -0.2) is 11.1 Å². The van der Waals surface area contributed by atoms with Gasteiger partial charge in [-0.1, -0.05) is 17.3 Å². The Balaban J connectivity index is 1.65. The Kier molecular flexibility index (Phi) is 4.65. The normalized spacial score (nSPS) is 10.6. The molecule has 0 unspecified atom stereocenters. The first-order chi connectivity index (χ1) is 11.6. The Bertz CT molecular complexity index is 844. The van der Waals surface area contributed by atoms with Crippen molar-refractivity contribution in [1.82, 2.24) is 5.16 Å². The van der Waals surface area contributed by atoms with Gasteiger partial charge < -0.3 is 9.84 Å². The van der Waals surface area contributed by atoms with E-state index in [1.54, 1.807) is 24.3 Å². The summed E-state index contributed by atoms with van der Waals surface area (Å²) in [4.78, 5) is 12.0. The highest BCUT2D eigenvalue weighted by Gasteiger charge is 2.13. The van der Waals surface area contributed by atoms with Crippen molar-refractivity contribution in [3.63, 3.8) is 0 Å². The summed E-state index contributed by atoms with van der Waals surface area (Å²) in [6, 6.07) is 11.8. The Morgan fingerprint density at radius 2 is 1.83 bits per heavy atom. The number of para-hydroxylation sites is 1. The van der Waals surface area contributed by atoms with E-state index in [4.69, 9.17) is 4.52 Å². The lowest BCUT2D eigenvalue weighted by Crippen LogP contribution is -2.13. The second-order valence-corrected chi connectivity index (χ2v) is 5.22. The Hall–Kier alpha value is -3.02. The predicted molar refractivity (Wildman–Crippen MR) is 85.2 cm³/mol. The van der Waals surface area contributed by atoms with Gasteiger partial charge in [0.2, 0.25) is 5.91 Å². The number of nitrogens with zero attached hydrogens (tertiary/aromatic N) is 1. The number of amides is 1. The van der Waals surface area contributed by atoms with Crippen LogP contribution in [0.15, 0.2) is 59.3 Å². The lowest BCUT2D eigenvalue weighted by molar-refractivity contribution is -0.116. The van der Waals surface area contributed by atoms with Crippen molar-refractivity contribution in [3.05, 3.63) is 71.9 Å². The van der Waals surface area contributed by atoms with Crippen LogP contribution in [0.4, 0.5) is 14.5 Å². The number of rotatable bonds is 5. The van der Waals surface area contributed by atoms with Crippen molar-refractivity contribution in [1.29, 1.82) is 0 Å². The fraction of sp³-hybridized carbons (Fsp3) is 0.111. The van der Waals surface area contributed by atoms with Crippen molar-refractivity contribution in [2.75, 3.05) is 5.32 Å². The van der Waals surface area contributed by atoms with Crippen LogP contribution in [0, 0.1) is 11.6 Å². The molecule has 1 N–H and O–H groups in total. The summed E-state index contributed by atoms with van der Waals surface area (Å²) >= 11 is 0. The number of aryl methyl sites for hydroxylation is 1. The number of halogens is 2. The molecule has 3 rings (SSSR count). The van der Waals surface area contributed by atoms with E-state index in [0.717, 1.165) is 5.56 Å². The van der Waals surface area contributed by atoms with Crippen molar-refractivity contribution >= 4 is 11.6 Å². The molecule has 0 aliphatic carbocycles. The summed E-state index contributed by atoms with van der Waals surface area (Å²) in [6.07, 6.45) is 2.04. The molecule has 4 nitrogen and oxygen atoms in total. The van der Waals surface area contributed by atoms with Gasteiger partial charge in [0.05, 0.1) is 11.9 Å². The summed E-state index contributed by atoms with van der Waals surface area (Å²) in [5, 5.41) is 6.26. The van der Waals surface area contributed by atoms with Crippen LogP contribution in [-0.2, 0) is 11.2 Å². The fourth-order valence-electron chi connectivity index (χ4n) is 2.30. The standard InChI is InChI=1S/C18H14F2N2O2/c19-14-8-5-12(6-9-14)18-13(11-21-24-18)7-10-17(23)22-16-4-2-1-3-15(16)20/h1-6,8-9,11H,7,10H2,(H,22,23). The summed E-state index contributed by atoms with van der Waals surface area (Å²) in [6.45, 7) is 0. The second kappa shape index (κ2) is 7.04. The zero-order valence-corrected chi connectivity index (χ0v) is 12.6. The topological polar surface area (TPSA) is 55.1 Å². The van der Waals surface area contributed by atoms with E-state index >= 15 is 0 Å². The molecule has 3 aromatic rings. The third kappa shape index (κ3) is 3.65. The molecule has 0 fully saturated rings. The third-order valence-corrected chi connectivity index (χ3v) is 3.52. The van der Waals surface area contributed by atoms with E-state index in [0.29, 0.717) is 17.7 Å². The number of carbonyl (C=O) groups is 1. The minimum Gasteiger partial charge on any atom is -0.356 e. The number of anilines is 1. The molecule has 1 aromatic heterocycles. The van der Waals surface area contributed by atoms with Crippen molar-refractivity contribution in [3.8, 4) is 11.3 Å². The lowest BCUT2D eigenvalue weighted by Gasteiger charge is -2.06. The fourth-order valence-corrected chi connectivity index (χ4v) is 2.30. The molecule has 122 valence electrons. The van der Waals surface area contributed by atoms with Crippen LogP contribution in [0.3, 0.4) is 0 Å². The van der Waals surface area contributed by atoms with Crippen molar-refractivity contribution in [2.24, 2.45) is 0 Å². The minimum atomic E-state index is -0.483. The Morgan fingerprint density at radius 1 is 1.08 bits per heavy atom. The SMILES string of the molecule is O=C(CCc1cnoc1-c1ccc(F)cc1)Nc1ccccc1F. The number of carbonyl (C=O) groups excluding carboxylic acids is 1. The van der Waals surface area contributed by atoms with E-state index < -0.39 is 5.82 Å². The quantitative estimate of drug-likeness (QED) is 0.764. The molecular formula is C18H14F2N2O2. The first-order valence-corrected chi connectivity index (χ1v) is 7.37. The number of hydrogen-bond donors (Lipinski definition) is 1. The highest BCUT2D eigenvalue weighted by molar-refractivity contribution is 5.91. The molecular weight excluding hydrogens is 314 g/mol. The van der Waals surface area contributed by atoms with Gasteiger partial charge in [-0.15, -0.1) is 0 Å². The van der Waals surface area contributed by atoms with E-state index in [1.165, 1.54) is 30.5 Å². The summed E-state index contributed by atoms with van der Waals surface area (Å²) in [7, 11) is 0. The zero-order chi connectivity index (χ0) is 16.9. The van der Waals surface area contributed by atoms with Crippen LogP contribution >= 0.6 is 0 Å². The molecule has 0 atom stereocenters. The van der Waals surface area contributed by atoms with Crippen LogP contribution in [0.1, 0.15) is 12.0 Å². The summed E-state index contributed by atoms with van der Waals surface area (Å²) < 4.78 is 31.7. The van der Waals surface area contributed by atoms with Gasteiger partial charge in [-0.3, -0.25) is 4.79 Å². The molecule has 1 heterocycles. The van der Waals surface area contributed by atoms with Gasteiger partial charge in [0, 0.05) is 17.5 Å². The van der Waals surface area contributed by atoms with Gasteiger partial charge in [0.1, 0.15) is 11.6 Å². The number of nitrogens with one attached hydrogen (secondary N) is 1. The molecule has 0 radical (unpaired) electrons. The monoisotopic (exact) mass is 328 g/mol. The molecule has 24 heavy (non-hydrogen) atoms. The van der Waals surface area contributed by atoms with E-state index in [-0.39, 0.29) is 23.8 Å². The van der Waals surface area contributed by atoms with Crippen LogP contribution in [0.25, 0.3) is 11.3 Å². The zero-order valence-electron chi connectivity index (χ0n) is 12.6. The lowest BCUT2D eigenvalue weighted by atomic mass is 10.1. The average molecular weight is 328 g/mol. The van der Waals surface area contributed by atoms with Crippen LogP contribution in [0.2, 0.25) is 0 Å². The number of aromatic nitrogens is 1. The highest BCUT2D eigenvalue weighted by atomic mass is 19.1. The van der Waals surface area contributed by atoms with E-state index in [2.05, 4.69) is 10.5 Å². The van der Waals surface area contributed by atoms with Gasteiger partial charge in [-0.2, -0.15) is 0 Å². The minimum absolute atomic E-state index is 0.143. The molecule has 0 saturated heterocycles. The molecule has 0 bridgehead atoms. The van der Waals surface area contributed by atoms with Gasteiger partial charge in [-0.25, -0.2) is 8.78 Å². The first kappa shape index (κ1) is 15.9. The van der Waals surface area contributed by atoms with Crippen molar-refractivity contribution < 1.29 is 18.1 Å².